The number of carbonyl (C=O) groups is 1. The molecule has 3 rings (SSSR count). The van der Waals surface area contributed by atoms with Crippen molar-refractivity contribution in [2.45, 2.75) is 13.0 Å². The first kappa shape index (κ1) is 16.6. The summed E-state index contributed by atoms with van der Waals surface area (Å²) in [5.74, 6) is -0.329. The van der Waals surface area contributed by atoms with Crippen molar-refractivity contribution in [1.82, 2.24) is 15.1 Å². The predicted octanol–water partition coefficient (Wildman–Crippen LogP) is 2.61. The highest BCUT2D eigenvalue weighted by Crippen LogP contribution is 2.22. The van der Waals surface area contributed by atoms with Crippen LogP contribution in [0.3, 0.4) is 0 Å². The maximum absolute atomic E-state index is 12.6. The lowest BCUT2D eigenvalue weighted by molar-refractivity contribution is 0.0935. The molecule has 5 nitrogen and oxygen atoms in total. The molecule has 0 aliphatic carbocycles. The van der Waals surface area contributed by atoms with Crippen LogP contribution in [0.15, 0.2) is 71.5 Å². The molecule has 3 aromatic rings. The van der Waals surface area contributed by atoms with Crippen LogP contribution in [0.25, 0.3) is 0 Å². The van der Waals surface area contributed by atoms with E-state index >= 15 is 0 Å². The number of aryl methyl sites for hydroxylation is 2. The monoisotopic (exact) mass is 333 g/mol. The van der Waals surface area contributed by atoms with Crippen LogP contribution in [0.4, 0.5) is 0 Å². The molecule has 25 heavy (non-hydrogen) atoms. The van der Waals surface area contributed by atoms with Crippen molar-refractivity contribution in [2.75, 3.05) is 0 Å². The van der Waals surface area contributed by atoms with Crippen LogP contribution in [0, 0.1) is 6.92 Å². The quantitative estimate of drug-likeness (QED) is 0.798. The maximum Gasteiger partial charge on any atom is 0.272 e. The van der Waals surface area contributed by atoms with Gasteiger partial charge in [0.15, 0.2) is 0 Å². The number of benzene rings is 2. The van der Waals surface area contributed by atoms with E-state index in [1.165, 1.54) is 19.2 Å². The number of hydrogen-bond acceptors (Lipinski definition) is 3. The molecule has 1 heterocycles. The Hall–Kier alpha value is -3.21. The second-order valence-electron chi connectivity index (χ2n) is 5.91. The van der Waals surface area contributed by atoms with Gasteiger partial charge in [0, 0.05) is 13.1 Å². The van der Waals surface area contributed by atoms with Gasteiger partial charge in [-0.1, -0.05) is 60.2 Å². The van der Waals surface area contributed by atoms with Crippen LogP contribution in [0.1, 0.15) is 33.2 Å². The van der Waals surface area contributed by atoms with Gasteiger partial charge in [0.25, 0.3) is 11.5 Å². The van der Waals surface area contributed by atoms with Gasteiger partial charge < -0.3 is 5.32 Å². The van der Waals surface area contributed by atoms with E-state index in [1.54, 1.807) is 0 Å². The van der Waals surface area contributed by atoms with Gasteiger partial charge in [-0.2, -0.15) is 5.10 Å². The molecule has 5 heteroatoms. The summed E-state index contributed by atoms with van der Waals surface area (Å²) in [5, 5.41) is 7.03. The normalized spacial score (nSPS) is 11.8. The average molecular weight is 333 g/mol. The molecule has 126 valence electrons. The third kappa shape index (κ3) is 3.83. The molecule has 1 aromatic heterocycles. The lowest BCUT2D eigenvalue weighted by Gasteiger charge is -2.20. The van der Waals surface area contributed by atoms with Crippen LogP contribution in [-0.2, 0) is 7.05 Å². The smallest absolute Gasteiger partial charge is 0.272 e. The lowest BCUT2D eigenvalue weighted by atomic mass is 9.97. The van der Waals surface area contributed by atoms with Crippen LogP contribution in [0.5, 0.6) is 0 Å². The molecule has 1 amide bonds. The Morgan fingerprint density at radius 1 is 0.960 bits per heavy atom. The summed E-state index contributed by atoms with van der Waals surface area (Å²) in [6.45, 7) is 2.02. The van der Waals surface area contributed by atoms with Crippen molar-refractivity contribution in [3.05, 3.63) is 99.5 Å². The van der Waals surface area contributed by atoms with E-state index in [-0.39, 0.29) is 23.2 Å². The third-order valence-corrected chi connectivity index (χ3v) is 4.01. The van der Waals surface area contributed by atoms with Crippen molar-refractivity contribution < 1.29 is 4.79 Å². The predicted molar refractivity (Wildman–Crippen MR) is 96.4 cm³/mol. The Bertz CT molecular complexity index is 931. The minimum Gasteiger partial charge on any atom is -0.340 e. The first-order chi connectivity index (χ1) is 12.0. The van der Waals surface area contributed by atoms with E-state index in [9.17, 15) is 9.59 Å². The van der Waals surface area contributed by atoms with E-state index in [0.29, 0.717) is 0 Å². The SMILES string of the molecule is Cc1ccc(C(NC(=O)c2ccc(=O)n(C)n2)c2ccccc2)cc1. The Morgan fingerprint density at radius 3 is 2.24 bits per heavy atom. The van der Waals surface area contributed by atoms with Crippen LogP contribution in [0.2, 0.25) is 0 Å². The van der Waals surface area contributed by atoms with E-state index in [1.807, 2.05) is 61.5 Å². The highest BCUT2D eigenvalue weighted by molar-refractivity contribution is 5.92. The number of hydrogen-bond donors (Lipinski definition) is 1. The van der Waals surface area contributed by atoms with Crippen molar-refractivity contribution in [3.63, 3.8) is 0 Å². The molecule has 2 aromatic carbocycles. The van der Waals surface area contributed by atoms with Crippen LogP contribution >= 0.6 is 0 Å². The zero-order chi connectivity index (χ0) is 17.8. The van der Waals surface area contributed by atoms with Gasteiger partial charge >= 0.3 is 0 Å². The first-order valence-electron chi connectivity index (χ1n) is 8.01. The summed E-state index contributed by atoms with van der Waals surface area (Å²) >= 11 is 0. The maximum atomic E-state index is 12.6. The van der Waals surface area contributed by atoms with Crippen LogP contribution < -0.4 is 10.9 Å². The topological polar surface area (TPSA) is 64.0 Å². The van der Waals surface area contributed by atoms with Gasteiger partial charge in [-0.3, -0.25) is 9.59 Å². The highest BCUT2D eigenvalue weighted by Gasteiger charge is 2.18. The summed E-state index contributed by atoms with van der Waals surface area (Å²) in [7, 11) is 1.52. The van der Waals surface area contributed by atoms with Gasteiger partial charge in [0.2, 0.25) is 0 Å². The Morgan fingerprint density at radius 2 is 1.60 bits per heavy atom. The number of rotatable bonds is 4. The molecule has 0 fully saturated rings. The molecule has 0 radical (unpaired) electrons. The summed E-state index contributed by atoms with van der Waals surface area (Å²) in [6, 6.07) is 20.3. The zero-order valence-electron chi connectivity index (χ0n) is 14.1. The second-order valence-corrected chi connectivity index (χ2v) is 5.91. The molecule has 0 spiro atoms. The molecule has 0 aliphatic rings. The fourth-order valence-electron chi connectivity index (χ4n) is 2.59. The fourth-order valence-corrected chi connectivity index (χ4v) is 2.59. The summed E-state index contributed by atoms with van der Waals surface area (Å²) in [5.41, 5.74) is 3.06. The third-order valence-electron chi connectivity index (χ3n) is 4.01. The van der Waals surface area contributed by atoms with E-state index in [4.69, 9.17) is 0 Å². The Kier molecular flexibility index (Phi) is 4.75. The summed E-state index contributed by atoms with van der Waals surface area (Å²) in [4.78, 5) is 24.1. The Labute approximate surface area is 145 Å². The minimum absolute atomic E-state index is 0.204. The van der Waals surface area contributed by atoms with E-state index < -0.39 is 0 Å². The number of aromatic nitrogens is 2. The number of nitrogens with zero attached hydrogens (tertiary/aromatic N) is 2. The van der Waals surface area contributed by atoms with Crippen molar-refractivity contribution in [3.8, 4) is 0 Å². The van der Waals surface area contributed by atoms with Gasteiger partial charge in [0.05, 0.1) is 6.04 Å². The van der Waals surface area contributed by atoms with E-state index in [2.05, 4.69) is 10.4 Å². The molecular weight excluding hydrogens is 314 g/mol. The number of carbonyl (C=O) groups excluding carboxylic acids is 1. The zero-order valence-corrected chi connectivity index (χ0v) is 14.1. The lowest BCUT2D eigenvalue weighted by Crippen LogP contribution is -2.32. The van der Waals surface area contributed by atoms with Gasteiger partial charge in [-0.25, -0.2) is 4.68 Å². The summed E-state index contributed by atoms with van der Waals surface area (Å²) in [6.07, 6.45) is 0. The largest absolute Gasteiger partial charge is 0.340 e. The number of amides is 1. The standard InChI is InChI=1S/C20H19N3O2/c1-14-8-10-16(11-9-14)19(15-6-4-3-5-7-15)21-20(25)17-12-13-18(24)23(2)22-17/h3-13,19H,1-2H3,(H,21,25). The fraction of sp³-hybridized carbons (Fsp3) is 0.150. The highest BCUT2D eigenvalue weighted by atomic mass is 16.2. The molecule has 0 bridgehead atoms. The number of nitrogens with one attached hydrogen (secondary N) is 1. The minimum atomic E-state index is -0.329. The first-order valence-corrected chi connectivity index (χ1v) is 8.01. The van der Waals surface area contributed by atoms with Crippen molar-refractivity contribution >= 4 is 5.91 Å². The second kappa shape index (κ2) is 7.13. The van der Waals surface area contributed by atoms with Crippen molar-refractivity contribution in [1.29, 1.82) is 0 Å². The van der Waals surface area contributed by atoms with Gasteiger partial charge in [-0.15, -0.1) is 0 Å². The molecule has 1 atom stereocenters. The molecule has 0 saturated heterocycles. The van der Waals surface area contributed by atoms with Gasteiger partial charge in [0.1, 0.15) is 5.69 Å². The van der Waals surface area contributed by atoms with Gasteiger partial charge in [-0.05, 0) is 24.1 Å². The van der Waals surface area contributed by atoms with Crippen LogP contribution in [-0.4, -0.2) is 15.7 Å². The molecule has 0 saturated carbocycles. The summed E-state index contributed by atoms with van der Waals surface area (Å²) < 4.78 is 1.15. The van der Waals surface area contributed by atoms with Crippen molar-refractivity contribution in [2.24, 2.45) is 7.05 Å². The average Bonchev–Trinajstić information content (AvgIpc) is 2.63. The molecule has 1 unspecified atom stereocenters. The van der Waals surface area contributed by atoms with E-state index in [0.717, 1.165) is 21.4 Å². The Balaban J connectivity index is 1.94. The molecule has 1 N–H and O–H groups in total. The molecular formula is C20H19N3O2. The molecule has 0 aliphatic heterocycles.